The van der Waals surface area contributed by atoms with Crippen molar-refractivity contribution in [2.45, 2.75) is 6.54 Å². The summed E-state index contributed by atoms with van der Waals surface area (Å²) in [6.07, 6.45) is 3.80. The van der Waals surface area contributed by atoms with Gasteiger partial charge in [0.25, 0.3) is 0 Å². The largest absolute Gasteiger partial charge is 1.00 e. The van der Waals surface area contributed by atoms with E-state index in [9.17, 15) is 4.79 Å². The third kappa shape index (κ3) is 3.22. The molecule has 20 heavy (non-hydrogen) atoms. The number of ketones is 1. The van der Waals surface area contributed by atoms with Crippen molar-refractivity contribution >= 4 is 16.6 Å². The van der Waals surface area contributed by atoms with Gasteiger partial charge in [-0.3, -0.25) is 4.79 Å². The lowest BCUT2D eigenvalue weighted by Gasteiger charge is -2.01. The second kappa shape index (κ2) is 6.61. The second-order valence-electron chi connectivity index (χ2n) is 4.53. The molecule has 0 bridgehead atoms. The van der Waals surface area contributed by atoms with Crippen LogP contribution in [-0.2, 0) is 6.54 Å². The van der Waals surface area contributed by atoms with E-state index in [4.69, 9.17) is 0 Å². The molecule has 1 heterocycles. The fourth-order valence-electron chi connectivity index (χ4n) is 2.16. The van der Waals surface area contributed by atoms with E-state index in [1.54, 1.807) is 0 Å². The van der Waals surface area contributed by atoms with Crippen LogP contribution in [0.5, 0.6) is 0 Å². The first-order valence-electron chi connectivity index (χ1n) is 6.29. The van der Waals surface area contributed by atoms with Gasteiger partial charge in [0.15, 0.2) is 12.4 Å². The highest BCUT2D eigenvalue weighted by molar-refractivity contribution is 5.99. The van der Waals surface area contributed by atoms with Crippen LogP contribution < -0.4 is 28.5 Å². The van der Waals surface area contributed by atoms with Crippen LogP contribution in [0.1, 0.15) is 10.4 Å². The summed E-state index contributed by atoms with van der Waals surface area (Å²) in [5.74, 6) is 0.127. The molecule has 0 N–H and O–H groups in total. The maximum atomic E-state index is 12.2. The molecule has 3 rings (SSSR count). The first-order valence-corrected chi connectivity index (χ1v) is 6.29. The number of nitrogens with zero attached hydrogens (tertiary/aromatic N) is 1. The summed E-state index contributed by atoms with van der Waals surface area (Å²) in [7, 11) is 0. The van der Waals surface area contributed by atoms with Crippen LogP contribution in [0, 0.1) is 0 Å². The van der Waals surface area contributed by atoms with Crippen molar-refractivity contribution in [2.75, 3.05) is 0 Å². The minimum Gasteiger partial charge on any atom is -1.00 e. The smallest absolute Gasteiger partial charge is 0.227 e. The fraction of sp³-hybridized carbons (Fsp3) is 0.0588. The third-order valence-corrected chi connectivity index (χ3v) is 3.17. The number of benzene rings is 2. The van der Waals surface area contributed by atoms with Gasteiger partial charge < -0.3 is 24.0 Å². The second-order valence-corrected chi connectivity index (χ2v) is 4.53. The molecule has 2 aromatic carbocycles. The normalized spacial score (nSPS) is 10.0. The molecule has 3 aromatic rings. The van der Waals surface area contributed by atoms with Crippen molar-refractivity contribution in [1.29, 1.82) is 0 Å². The number of halogens is 1. The fourth-order valence-corrected chi connectivity index (χ4v) is 2.16. The van der Waals surface area contributed by atoms with Gasteiger partial charge in [0.1, 0.15) is 0 Å². The first kappa shape index (κ1) is 14.7. The third-order valence-electron chi connectivity index (χ3n) is 3.17. The molecule has 3 heteroatoms. The lowest BCUT2D eigenvalue weighted by molar-refractivity contribution is -0.683. The lowest BCUT2D eigenvalue weighted by Crippen LogP contribution is -3.00. The highest BCUT2D eigenvalue weighted by Crippen LogP contribution is 2.15. The molecule has 0 amide bonds. The van der Waals surface area contributed by atoms with Crippen LogP contribution in [0.2, 0.25) is 0 Å². The lowest BCUT2D eigenvalue weighted by atomic mass is 10.0. The van der Waals surface area contributed by atoms with E-state index < -0.39 is 0 Å². The van der Waals surface area contributed by atoms with Gasteiger partial charge in [0.2, 0.25) is 12.3 Å². The molecule has 1 aromatic heterocycles. The average Bonchev–Trinajstić information content (AvgIpc) is 2.48. The molecule has 0 atom stereocenters. The molecule has 0 saturated heterocycles. The van der Waals surface area contributed by atoms with E-state index in [1.165, 1.54) is 0 Å². The number of carbonyl (C=O) groups is 1. The van der Waals surface area contributed by atoms with Gasteiger partial charge in [0.05, 0.1) is 0 Å². The molecule has 0 saturated carbocycles. The Kier molecular flexibility index (Phi) is 4.84. The average molecular weight is 375 g/mol. The Morgan fingerprint density at radius 1 is 0.850 bits per heavy atom. The van der Waals surface area contributed by atoms with Crippen LogP contribution in [0.25, 0.3) is 10.8 Å². The van der Waals surface area contributed by atoms with Crippen molar-refractivity contribution in [1.82, 2.24) is 0 Å². The van der Waals surface area contributed by atoms with Crippen LogP contribution in [0.15, 0.2) is 73.1 Å². The molecule has 0 unspecified atom stereocenters. The molecule has 2 nitrogen and oxygen atoms in total. The van der Waals surface area contributed by atoms with E-state index in [2.05, 4.69) is 6.07 Å². The number of hydrogen-bond acceptors (Lipinski definition) is 1. The van der Waals surface area contributed by atoms with Crippen molar-refractivity contribution in [3.8, 4) is 0 Å². The zero-order valence-corrected chi connectivity index (χ0v) is 13.0. The molecule has 0 radical (unpaired) electrons. The number of hydrogen-bond donors (Lipinski definition) is 0. The summed E-state index contributed by atoms with van der Waals surface area (Å²) >= 11 is 0. The van der Waals surface area contributed by atoms with E-state index in [0.717, 1.165) is 16.3 Å². The predicted molar refractivity (Wildman–Crippen MR) is 74.9 cm³/mol. The highest BCUT2D eigenvalue weighted by atomic mass is 127. The molecule has 0 spiro atoms. The molecule has 0 aliphatic rings. The van der Waals surface area contributed by atoms with Crippen LogP contribution in [0.3, 0.4) is 0 Å². The standard InChI is InChI=1S/C17H14NO.HI/c19-17(13-18-10-4-1-5-11-18)16-9-8-14-6-2-3-7-15(14)12-16;/h1-12H,13H2;1H/q+1;/p-1. The van der Waals surface area contributed by atoms with Crippen LogP contribution >= 0.6 is 0 Å². The number of aromatic nitrogens is 1. The van der Waals surface area contributed by atoms with E-state index in [-0.39, 0.29) is 29.8 Å². The highest BCUT2D eigenvalue weighted by Gasteiger charge is 2.11. The summed E-state index contributed by atoms with van der Waals surface area (Å²) in [4.78, 5) is 12.2. The van der Waals surface area contributed by atoms with Crippen molar-refractivity contribution in [2.24, 2.45) is 0 Å². The van der Waals surface area contributed by atoms with Crippen molar-refractivity contribution in [3.05, 3.63) is 78.6 Å². The molecule has 0 fully saturated rings. The Morgan fingerprint density at radius 3 is 2.30 bits per heavy atom. The van der Waals surface area contributed by atoms with Crippen LogP contribution in [-0.4, -0.2) is 5.78 Å². The number of pyridine rings is 1. The Morgan fingerprint density at radius 2 is 1.55 bits per heavy atom. The number of carbonyl (C=O) groups excluding carboxylic acids is 1. The topological polar surface area (TPSA) is 20.9 Å². The summed E-state index contributed by atoms with van der Waals surface area (Å²) < 4.78 is 1.89. The Labute approximate surface area is 135 Å². The first-order chi connectivity index (χ1) is 9.33. The van der Waals surface area contributed by atoms with Crippen molar-refractivity contribution < 1.29 is 33.3 Å². The van der Waals surface area contributed by atoms with Crippen LogP contribution in [0.4, 0.5) is 0 Å². The molecule has 0 aliphatic carbocycles. The molecular formula is C17H14INO. The van der Waals surface area contributed by atoms with Gasteiger partial charge in [-0.25, -0.2) is 0 Å². The minimum absolute atomic E-state index is 0. The van der Waals surface area contributed by atoms with Crippen molar-refractivity contribution in [3.63, 3.8) is 0 Å². The number of fused-ring (bicyclic) bond motifs is 1. The zero-order valence-electron chi connectivity index (χ0n) is 10.9. The molecule has 0 aliphatic heterocycles. The quantitative estimate of drug-likeness (QED) is 0.359. The summed E-state index contributed by atoms with van der Waals surface area (Å²) in [6.45, 7) is 0.374. The monoisotopic (exact) mass is 375 g/mol. The Hall–Kier alpha value is -1.75. The Balaban J connectivity index is 0.00000147. The molecular weight excluding hydrogens is 361 g/mol. The van der Waals surface area contributed by atoms with Gasteiger partial charge in [-0.05, 0) is 16.8 Å². The summed E-state index contributed by atoms with van der Waals surface area (Å²) in [5, 5.41) is 2.26. The predicted octanol–water partition coefficient (Wildman–Crippen LogP) is 0.0142. The van der Waals surface area contributed by atoms with E-state index in [0.29, 0.717) is 6.54 Å². The maximum Gasteiger partial charge on any atom is 0.227 e. The summed E-state index contributed by atoms with van der Waals surface area (Å²) in [5.41, 5.74) is 0.759. The summed E-state index contributed by atoms with van der Waals surface area (Å²) in [6, 6.07) is 19.7. The number of rotatable bonds is 3. The number of Topliss-reactive ketones (excluding diaryl/α,β-unsaturated/α-hetero) is 1. The SMILES string of the molecule is O=C(C[n+]1ccccc1)c1ccc2ccccc2c1.[I-]. The van der Waals surface area contributed by atoms with E-state index >= 15 is 0 Å². The Bertz CT molecular complexity index is 725. The van der Waals surface area contributed by atoms with Gasteiger partial charge in [-0.1, -0.05) is 42.5 Å². The van der Waals surface area contributed by atoms with Gasteiger partial charge in [-0.15, -0.1) is 0 Å². The maximum absolute atomic E-state index is 12.2. The van der Waals surface area contributed by atoms with E-state index in [1.807, 2.05) is 71.6 Å². The zero-order chi connectivity index (χ0) is 13.1. The van der Waals surface area contributed by atoms with Gasteiger partial charge in [0, 0.05) is 17.7 Å². The minimum atomic E-state index is 0. The van der Waals surface area contributed by atoms with Gasteiger partial charge in [-0.2, -0.15) is 4.57 Å². The van der Waals surface area contributed by atoms with Gasteiger partial charge >= 0.3 is 0 Å². The molecule has 100 valence electrons.